The summed E-state index contributed by atoms with van der Waals surface area (Å²) in [5.41, 5.74) is 0. The van der Waals surface area contributed by atoms with Crippen molar-refractivity contribution in [3.63, 3.8) is 0 Å². The van der Waals surface area contributed by atoms with E-state index in [1.165, 1.54) is 41.6 Å². The quantitative estimate of drug-likeness (QED) is 0.792. The number of rotatable bonds is 6. The van der Waals surface area contributed by atoms with Crippen molar-refractivity contribution in [1.29, 1.82) is 0 Å². The zero-order valence-electron chi connectivity index (χ0n) is 12.0. The zero-order chi connectivity index (χ0) is 16.4. The average molecular weight is 344 g/mol. The highest BCUT2D eigenvalue weighted by Crippen LogP contribution is 2.14. The molecule has 0 saturated carbocycles. The van der Waals surface area contributed by atoms with Crippen LogP contribution in [0.3, 0.4) is 0 Å². The Bertz CT molecular complexity index is 828. The first-order valence-electron chi connectivity index (χ1n) is 6.33. The molecule has 10 heteroatoms. The Balaban J connectivity index is 2.13. The van der Waals surface area contributed by atoms with Gasteiger partial charge >= 0.3 is 0 Å². The number of aromatic nitrogens is 3. The number of sulfonamides is 1. The topological polar surface area (TPSA) is 111 Å². The highest BCUT2D eigenvalue weighted by atomic mass is 32.2. The first kappa shape index (κ1) is 16.6. The van der Waals surface area contributed by atoms with Gasteiger partial charge in [-0.25, -0.2) is 26.5 Å². The Kier molecular flexibility index (Phi) is 4.63. The third kappa shape index (κ3) is 4.12. The second kappa shape index (κ2) is 6.15. The summed E-state index contributed by atoms with van der Waals surface area (Å²) in [6, 6.07) is 4.67. The molecule has 0 aliphatic heterocycles. The minimum Gasteiger partial charge on any atom is -0.251 e. The molecule has 2 rings (SSSR count). The smallest absolute Gasteiger partial charge is 0.240 e. The van der Waals surface area contributed by atoms with Crippen LogP contribution >= 0.6 is 0 Å². The van der Waals surface area contributed by atoms with Crippen LogP contribution in [-0.4, -0.2) is 43.9 Å². The maximum Gasteiger partial charge on any atom is 0.240 e. The van der Waals surface area contributed by atoms with Gasteiger partial charge in [-0.05, 0) is 31.2 Å². The molecule has 0 aliphatic rings. The van der Waals surface area contributed by atoms with Gasteiger partial charge in [-0.3, -0.25) is 4.68 Å². The molecule has 1 unspecified atom stereocenters. The highest BCUT2D eigenvalue weighted by molar-refractivity contribution is 7.90. The Morgan fingerprint density at radius 1 is 1.14 bits per heavy atom. The Morgan fingerprint density at radius 3 is 2.23 bits per heavy atom. The van der Waals surface area contributed by atoms with Gasteiger partial charge in [0, 0.05) is 12.3 Å². The summed E-state index contributed by atoms with van der Waals surface area (Å²) in [4.78, 5) is 3.86. The average Bonchev–Trinajstić information content (AvgIpc) is 2.90. The molecule has 1 heterocycles. The van der Waals surface area contributed by atoms with Gasteiger partial charge in [0.05, 0.1) is 16.3 Å². The number of benzene rings is 1. The molecule has 0 spiro atoms. The predicted octanol–water partition coefficient (Wildman–Crippen LogP) is 0.0486. The Hall–Kier alpha value is -1.78. The van der Waals surface area contributed by atoms with Crippen LogP contribution in [-0.2, 0) is 26.4 Å². The van der Waals surface area contributed by atoms with Crippen molar-refractivity contribution >= 4 is 19.9 Å². The summed E-state index contributed by atoms with van der Waals surface area (Å²) in [6.45, 7) is 2.03. The molecule has 0 bridgehead atoms. The summed E-state index contributed by atoms with van der Waals surface area (Å²) in [5, 5.41) is 3.90. The first-order chi connectivity index (χ1) is 10.2. The zero-order valence-corrected chi connectivity index (χ0v) is 13.7. The molecule has 8 nitrogen and oxygen atoms in total. The largest absolute Gasteiger partial charge is 0.251 e. The predicted molar refractivity (Wildman–Crippen MR) is 79.4 cm³/mol. The molecule has 22 heavy (non-hydrogen) atoms. The van der Waals surface area contributed by atoms with E-state index in [4.69, 9.17) is 0 Å². The molecule has 0 amide bonds. The van der Waals surface area contributed by atoms with Crippen LogP contribution in [0.1, 0.15) is 6.92 Å². The maximum absolute atomic E-state index is 12.2. The van der Waals surface area contributed by atoms with Crippen molar-refractivity contribution in [3.8, 4) is 0 Å². The van der Waals surface area contributed by atoms with Crippen LogP contribution in [0.5, 0.6) is 0 Å². The Labute approximate surface area is 129 Å². The fourth-order valence-corrected chi connectivity index (χ4v) is 3.71. The fourth-order valence-electron chi connectivity index (χ4n) is 1.84. The van der Waals surface area contributed by atoms with Crippen molar-refractivity contribution in [2.45, 2.75) is 29.3 Å². The third-order valence-corrected chi connectivity index (χ3v) is 5.58. The van der Waals surface area contributed by atoms with E-state index in [-0.39, 0.29) is 9.79 Å². The monoisotopic (exact) mass is 344 g/mol. The van der Waals surface area contributed by atoms with Crippen LogP contribution < -0.4 is 4.72 Å². The highest BCUT2D eigenvalue weighted by Gasteiger charge is 2.18. The van der Waals surface area contributed by atoms with Gasteiger partial charge in [-0.2, -0.15) is 5.10 Å². The number of sulfone groups is 1. The van der Waals surface area contributed by atoms with Crippen molar-refractivity contribution in [1.82, 2.24) is 19.5 Å². The lowest BCUT2D eigenvalue weighted by Crippen LogP contribution is -2.35. The van der Waals surface area contributed by atoms with Gasteiger partial charge in [-0.1, -0.05) is 0 Å². The lowest BCUT2D eigenvalue weighted by atomic mass is 10.4. The molecule has 1 N–H and O–H groups in total. The molecule has 1 atom stereocenters. The van der Waals surface area contributed by atoms with Crippen molar-refractivity contribution in [2.24, 2.45) is 0 Å². The molecule has 120 valence electrons. The number of nitrogens with one attached hydrogen (secondary N) is 1. The molecule has 0 aliphatic carbocycles. The summed E-state index contributed by atoms with van der Waals surface area (Å²) < 4.78 is 51.2. The molecular weight excluding hydrogens is 328 g/mol. The van der Waals surface area contributed by atoms with Crippen LogP contribution in [0.4, 0.5) is 0 Å². The summed E-state index contributed by atoms with van der Waals surface area (Å²) in [6.07, 6.45) is 3.92. The van der Waals surface area contributed by atoms with E-state index in [9.17, 15) is 16.8 Å². The number of nitrogens with zero attached hydrogens (tertiary/aromatic N) is 3. The van der Waals surface area contributed by atoms with E-state index < -0.39 is 25.9 Å². The van der Waals surface area contributed by atoms with Crippen molar-refractivity contribution < 1.29 is 16.8 Å². The molecule has 1 aromatic carbocycles. The number of hydrogen-bond acceptors (Lipinski definition) is 6. The lowest BCUT2D eigenvalue weighted by Gasteiger charge is -2.14. The maximum atomic E-state index is 12.2. The third-order valence-electron chi connectivity index (χ3n) is 2.85. The van der Waals surface area contributed by atoms with Gasteiger partial charge in [0.1, 0.15) is 12.7 Å². The van der Waals surface area contributed by atoms with Crippen LogP contribution in [0, 0.1) is 0 Å². The normalized spacial score (nSPS) is 13.9. The van der Waals surface area contributed by atoms with Gasteiger partial charge in [0.2, 0.25) is 10.0 Å². The molecule has 0 saturated heterocycles. The minimum atomic E-state index is -3.73. The van der Waals surface area contributed by atoms with Gasteiger partial charge in [0.15, 0.2) is 9.84 Å². The second-order valence-corrected chi connectivity index (χ2v) is 8.61. The van der Waals surface area contributed by atoms with Crippen molar-refractivity contribution in [3.05, 3.63) is 36.9 Å². The minimum absolute atomic E-state index is 0.00494. The lowest BCUT2D eigenvalue weighted by molar-refractivity contribution is 0.493. The van der Waals surface area contributed by atoms with Crippen molar-refractivity contribution in [2.75, 3.05) is 6.26 Å². The second-order valence-electron chi connectivity index (χ2n) is 4.88. The van der Waals surface area contributed by atoms with Crippen LogP contribution in [0.25, 0.3) is 0 Å². The first-order valence-corrected chi connectivity index (χ1v) is 9.71. The molecule has 1 aromatic heterocycles. The molecular formula is C12H16N4O4S2. The fraction of sp³-hybridized carbons (Fsp3) is 0.333. The van der Waals surface area contributed by atoms with Crippen LogP contribution in [0.15, 0.2) is 46.7 Å². The van der Waals surface area contributed by atoms with E-state index in [1.54, 1.807) is 6.92 Å². The van der Waals surface area contributed by atoms with E-state index in [0.717, 1.165) is 6.26 Å². The SMILES string of the molecule is CC(Cn1cncn1)NS(=O)(=O)c1ccc(S(C)(=O)=O)cc1. The van der Waals surface area contributed by atoms with E-state index in [1.807, 2.05) is 0 Å². The Morgan fingerprint density at radius 2 is 1.73 bits per heavy atom. The van der Waals surface area contributed by atoms with E-state index >= 15 is 0 Å². The molecule has 0 radical (unpaired) electrons. The van der Waals surface area contributed by atoms with E-state index in [2.05, 4.69) is 14.8 Å². The number of hydrogen-bond donors (Lipinski definition) is 1. The van der Waals surface area contributed by atoms with Gasteiger partial charge < -0.3 is 0 Å². The summed E-state index contributed by atoms with van der Waals surface area (Å²) in [5.74, 6) is 0. The van der Waals surface area contributed by atoms with Gasteiger partial charge in [-0.15, -0.1) is 0 Å². The summed E-state index contributed by atoms with van der Waals surface area (Å²) in [7, 11) is -7.09. The molecule has 0 fully saturated rings. The molecule has 2 aromatic rings. The standard InChI is InChI=1S/C12H16N4O4S2/c1-10(7-16-9-13-8-14-16)15-22(19,20)12-5-3-11(4-6-12)21(2,17)18/h3-6,8-10,15H,7H2,1-2H3. The van der Waals surface area contributed by atoms with E-state index in [0.29, 0.717) is 6.54 Å². The summed E-state index contributed by atoms with van der Waals surface area (Å²) >= 11 is 0. The van der Waals surface area contributed by atoms with Gasteiger partial charge in [0.25, 0.3) is 0 Å². The van der Waals surface area contributed by atoms with Crippen LogP contribution in [0.2, 0.25) is 0 Å².